The van der Waals surface area contributed by atoms with Crippen LogP contribution in [0, 0.1) is 0 Å². The number of carbonyl (C=O) groups is 3. The minimum Gasteiger partial charge on any atom is -0.507 e. The van der Waals surface area contributed by atoms with Crippen LogP contribution < -0.4 is 14.4 Å². The van der Waals surface area contributed by atoms with Gasteiger partial charge in [-0.05, 0) is 61.4 Å². The summed E-state index contributed by atoms with van der Waals surface area (Å²) in [5.74, 6) is -1.35. The number of pyridine rings is 1. The van der Waals surface area contributed by atoms with E-state index in [4.69, 9.17) is 14.2 Å². The molecule has 188 valence electrons. The molecule has 0 spiro atoms. The second-order valence-corrected chi connectivity index (χ2v) is 8.91. The molecule has 5 rings (SSSR count). The van der Waals surface area contributed by atoms with Crippen LogP contribution in [-0.2, 0) is 25.5 Å². The summed E-state index contributed by atoms with van der Waals surface area (Å²) in [5.41, 5.74) is 1.93. The Morgan fingerprint density at radius 3 is 2.57 bits per heavy atom. The molecule has 1 saturated heterocycles. The first-order chi connectivity index (χ1) is 17.8. The predicted octanol–water partition coefficient (Wildman–Crippen LogP) is 3.93. The van der Waals surface area contributed by atoms with E-state index in [1.807, 2.05) is 0 Å². The number of anilines is 1. The molecule has 3 aromatic rings. The van der Waals surface area contributed by atoms with E-state index in [1.165, 1.54) is 4.90 Å². The summed E-state index contributed by atoms with van der Waals surface area (Å²) < 4.78 is 15.9. The lowest BCUT2D eigenvalue weighted by Gasteiger charge is -2.25. The molecule has 37 heavy (non-hydrogen) atoms. The fraction of sp³-hybridized carbons (Fsp3) is 0.214. The Kier molecular flexibility index (Phi) is 6.35. The number of hydrogen-bond acceptors (Lipinski definition) is 8. The number of carbonyl (C=O) groups excluding carboxylic acids is 3. The number of hydrogen-bond donors (Lipinski definition) is 1. The van der Waals surface area contributed by atoms with Gasteiger partial charge < -0.3 is 19.3 Å². The summed E-state index contributed by atoms with van der Waals surface area (Å²) in [7, 11) is 0. The van der Waals surface area contributed by atoms with Crippen LogP contribution in [0.2, 0.25) is 0 Å². The zero-order chi connectivity index (χ0) is 26.1. The van der Waals surface area contributed by atoms with Gasteiger partial charge in [0.05, 0.1) is 24.1 Å². The van der Waals surface area contributed by atoms with Gasteiger partial charge in [-0.25, -0.2) is 0 Å². The highest BCUT2D eigenvalue weighted by Crippen LogP contribution is 2.43. The molecule has 0 bridgehead atoms. The molecule has 1 unspecified atom stereocenters. The number of amides is 1. The van der Waals surface area contributed by atoms with Gasteiger partial charge in [0, 0.05) is 23.6 Å². The number of fused-ring (bicyclic) bond motifs is 1. The Labute approximate surface area is 212 Å². The number of aliphatic hydroxyl groups is 1. The maximum absolute atomic E-state index is 13.3. The standard InChI is InChI=1S/C28H24N2O7/c1-16(2)37-23(31)12-17-5-8-20(9-6-17)30-25(19-4-3-11-29-14-19)24(27(33)28(30)34)26(32)18-7-10-21-22(13-18)36-15-35-21/h3-11,13-14,16,25,32H,12,15H2,1-2H3/b26-24-. The van der Waals surface area contributed by atoms with E-state index in [2.05, 4.69) is 4.98 Å². The van der Waals surface area contributed by atoms with E-state index >= 15 is 0 Å². The first-order valence-corrected chi connectivity index (χ1v) is 11.7. The maximum Gasteiger partial charge on any atom is 0.310 e. The summed E-state index contributed by atoms with van der Waals surface area (Å²) in [5, 5.41) is 11.3. The van der Waals surface area contributed by atoms with Gasteiger partial charge in [0.25, 0.3) is 11.7 Å². The lowest BCUT2D eigenvalue weighted by molar-refractivity contribution is -0.146. The number of aromatic nitrogens is 1. The summed E-state index contributed by atoms with van der Waals surface area (Å²) >= 11 is 0. The monoisotopic (exact) mass is 500 g/mol. The molecule has 1 N–H and O–H groups in total. The molecule has 1 atom stereocenters. The van der Waals surface area contributed by atoms with Gasteiger partial charge >= 0.3 is 5.97 Å². The maximum atomic E-state index is 13.3. The van der Waals surface area contributed by atoms with Crippen molar-refractivity contribution < 1.29 is 33.7 Å². The average Bonchev–Trinajstić information content (AvgIpc) is 3.46. The van der Waals surface area contributed by atoms with Crippen LogP contribution >= 0.6 is 0 Å². The Balaban J connectivity index is 1.55. The van der Waals surface area contributed by atoms with Crippen molar-refractivity contribution in [3.63, 3.8) is 0 Å². The first kappa shape index (κ1) is 24.1. The molecule has 0 saturated carbocycles. The Morgan fingerprint density at radius 1 is 1.11 bits per heavy atom. The predicted molar refractivity (Wildman–Crippen MR) is 133 cm³/mol. The number of ether oxygens (including phenoxy) is 3. The van der Waals surface area contributed by atoms with Crippen molar-refractivity contribution in [3.8, 4) is 11.5 Å². The Hall–Kier alpha value is -4.66. The molecule has 2 aromatic carbocycles. The van der Waals surface area contributed by atoms with Crippen LogP contribution in [0.15, 0.2) is 72.6 Å². The highest BCUT2D eigenvalue weighted by molar-refractivity contribution is 6.51. The smallest absolute Gasteiger partial charge is 0.310 e. The van der Waals surface area contributed by atoms with Crippen LogP contribution in [0.25, 0.3) is 5.76 Å². The van der Waals surface area contributed by atoms with Crippen molar-refractivity contribution in [1.29, 1.82) is 0 Å². The van der Waals surface area contributed by atoms with Crippen LogP contribution in [0.5, 0.6) is 11.5 Å². The number of Topliss-reactive ketones (excluding diaryl/α,β-unsaturated/α-hetero) is 1. The van der Waals surface area contributed by atoms with Crippen molar-refractivity contribution in [1.82, 2.24) is 4.98 Å². The molecule has 3 heterocycles. The topological polar surface area (TPSA) is 115 Å². The van der Waals surface area contributed by atoms with Crippen LogP contribution in [0.3, 0.4) is 0 Å². The van der Waals surface area contributed by atoms with Crippen molar-refractivity contribution in [2.24, 2.45) is 0 Å². The van der Waals surface area contributed by atoms with Crippen molar-refractivity contribution >= 4 is 29.1 Å². The summed E-state index contributed by atoms with van der Waals surface area (Å²) in [6, 6.07) is 14.0. The third kappa shape index (κ3) is 4.63. The fourth-order valence-corrected chi connectivity index (χ4v) is 4.40. The van der Waals surface area contributed by atoms with E-state index in [0.717, 1.165) is 0 Å². The number of esters is 1. The minimum absolute atomic E-state index is 0.0603. The second-order valence-electron chi connectivity index (χ2n) is 8.91. The number of aliphatic hydroxyl groups excluding tert-OH is 1. The molecule has 1 amide bonds. The molecular weight excluding hydrogens is 476 g/mol. The number of rotatable bonds is 6. The van der Waals surface area contributed by atoms with Crippen LogP contribution in [-0.4, -0.2) is 40.6 Å². The second kappa shape index (κ2) is 9.77. The summed E-state index contributed by atoms with van der Waals surface area (Å²) in [6.07, 6.45) is 2.99. The highest BCUT2D eigenvalue weighted by atomic mass is 16.7. The van der Waals surface area contributed by atoms with Crippen molar-refractivity contribution in [2.75, 3.05) is 11.7 Å². The quantitative estimate of drug-likeness (QED) is 0.234. The molecule has 1 fully saturated rings. The zero-order valence-corrected chi connectivity index (χ0v) is 20.2. The summed E-state index contributed by atoms with van der Waals surface area (Å²) in [4.78, 5) is 44.1. The van der Waals surface area contributed by atoms with E-state index < -0.39 is 17.7 Å². The normalized spacial score (nSPS) is 17.9. The van der Waals surface area contributed by atoms with E-state index in [-0.39, 0.29) is 36.6 Å². The first-order valence-electron chi connectivity index (χ1n) is 11.7. The van der Waals surface area contributed by atoms with Crippen LogP contribution in [0.1, 0.15) is 36.6 Å². The molecular formula is C28H24N2O7. The largest absolute Gasteiger partial charge is 0.507 e. The SMILES string of the molecule is CC(C)OC(=O)Cc1ccc(N2C(=O)C(=O)/C(=C(\O)c3ccc4c(c3)OCO4)C2c2cccnc2)cc1. The molecule has 0 aliphatic carbocycles. The third-order valence-electron chi connectivity index (χ3n) is 6.02. The van der Waals surface area contributed by atoms with Gasteiger partial charge in [-0.15, -0.1) is 0 Å². The summed E-state index contributed by atoms with van der Waals surface area (Å²) in [6.45, 7) is 3.62. The molecule has 2 aliphatic heterocycles. The molecule has 0 radical (unpaired) electrons. The lowest BCUT2D eigenvalue weighted by atomic mass is 9.96. The third-order valence-corrected chi connectivity index (χ3v) is 6.02. The van der Waals surface area contributed by atoms with Gasteiger partial charge in [0.2, 0.25) is 6.79 Å². The van der Waals surface area contributed by atoms with E-state index in [1.54, 1.807) is 80.8 Å². The molecule has 9 nitrogen and oxygen atoms in total. The van der Waals surface area contributed by atoms with Crippen molar-refractivity contribution in [3.05, 3.63) is 89.3 Å². The van der Waals surface area contributed by atoms with E-state index in [9.17, 15) is 19.5 Å². The molecule has 1 aromatic heterocycles. The minimum atomic E-state index is -0.920. The number of benzene rings is 2. The Morgan fingerprint density at radius 2 is 1.86 bits per heavy atom. The average molecular weight is 501 g/mol. The van der Waals surface area contributed by atoms with Gasteiger partial charge in [-0.1, -0.05) is 18.2 Å². The van der Waals surface area contributed by atoms with E-state index in [0.29, 0.717) is 33.9 Å². The Bertz CT molecular complexity index is 1400. The fourth-order valence-electron chi connectivity index (χ4n) is 4.40. The highest BCUT2D eigenvalue weighted by Gasteiger charge is 2.47. The lowest BCUT2D eigenvalue weighted by Crippen LogP contribution is -2.29. The van der Waals surface area contributed by atoms with Crippen LogP contribution in [0.4, 0.5) is 5.69 Å². The van der Waals surface area contributed by atoms with Crippen molar-refractivity contribution in [2.45, 2.75) is 32.4 Å². The van der Waals surface area contributed by atoms with Gasteiger partial charge in [-0.2, -0.15) is 0 Å². The zero-order valence-electron chi connectivity index (χ0n) is 20.2. The number of ketones is 1. The number of nitrogens with zero attached hydrogens (tertiary/aromatic N) is 2. The van der Waals surface area contributed by atoms with Gasteiger partial charge in [-0.3, -0.25) is 24.3 Å². The van der Waals surface area contributed by atoms with Gasteiger partial charge in [0.1, 0.15) is 5.76 Å². The van der Waals surface area contributed by atoms with Gasteiger partial charge in [0.15, 0.2) is 11.5 Å². The molecule has 2 aliphatic rings. The molecule has 9 heteroatoms.